The zero-order chi connectivity index (χ0) is 9.26. The van der Waals surface area contributed by atoms with E-state index < -0.39 is 0 Å². The van der Waals surface area contributed by atoms with Crippen LogP contribution in [-0.2, 0) is 4.79 Å². The first-order valence-electron chi connectivity index (χ1n) is 3.82. The summed E-state index contributed by atoms with van der Waals surface area (Å²) >= 11 is 0. The van der Waals surface area contributed by atoms with Crippen molar-refractivity contribution in [3.8, 4) is 5.75 Å². The lowest BCUT2D eigenvalue weighted by molar-refractivity contribution is -0.118. The molecule has 66 valence electrons. The van der Waals surface area contributed by atoms with Crippen molar-refractivity contribution >= 4 is 17.9 Å². The molecular weight excluding hydrogens is 170 g/mol. The molecule has 0 bridgehead atoms. The maximum absolute atomic E-state index is 10.9. The van der Waals surface area contributed by atoms with Crippen molar-refractivity contribution in [2.45, 2.75) is 0 Å². The van der Waals surface area contributed by atoms with Crippen LogP contribution in [0, 0.1) is 0 Å². The Morgan fingerprint density at radius 3 is 3.08 bits per heavy atom. The van der Waals surface area contributed by atoms with Gasteiger partial charge in [-0.25, -0.2) is 0 Å². The fourth-order valence-electron chi connectivity index (χ4n) is 1.23. The Labute approximate surface area is 74.5 Å². The van der Waals surface area contributed by atoms with Crippen molar-refractivity contribution < 1.29 is 14.3 Å². The molecule has 1 aliphatic rings. The van der Waals surface area contributed by atoms with Crippen LogP contribution in [0.25, 0.3) is 0 Å². The van der Waals surface area contributed by atoms with Crippen molar-refractivity contribution in [3.63, 3.8) is 0 Å². The predicted octanol–water partition coefficient (Wildman–Crippen LogP) is 0.830. The zero-order valence-electron chi connectivity index (χ0n) is 6.74. The maximum Gasteiger partial charge on any atom is 0.262 e. The highest BCUT2D eigenvalue weighted by atomic mass is 16.5. The number of fused-ring (bicyclic) bond motifs is 1. The van der Waals surface area contributed by atoms with Crippen LogP contribution in [0.3, 0.4) is 0 Å². The third kappa shape index (κ3) is 1.26. The number of ether oxygens (including phenoxy) is 1. The van der Waals surface area contributed by atoms with E-state index in [1.807, 2.05) is 0 Å². The number of nitrogens with one attached hydrogen (secondary N) is 1. The lowest BCUT2D eigenvalue weighted by Gasteiger charge is -2.18. The average molecular weight is 177 g/mol. The van der Waals surface area contributed by atoms with Gasteiger partial charge in [-0.1, -0.05) is 6.07 Å². The van der Waals surface area contributed by atoms with Crippen molar-refractivity contribution in [2.75, 3.05) is 11.9 Å². The lowest BCUT2D eigenvalue weighted by Crippen LogP contribution is -2.25. The van der Waals surface area contributed by atoms with Crippen molar-refractivity contribution in [2.24, 2.45) is 0 Å². The van der Waals surface area contributed by atoms with Gasteiger partial charge in [0, 0.05) is 0 Å². The van der Waals surface area contributed by atoms with Crippen LogP contribution in [0.15, 0.2) is 18.2 Å². The van der Waals surface area contributed by atoms with E-state index >= 15 is 0 Å². The molecule has 13 heavy (non-hydrogen) atoms. The topological polar surface area (TPSA) is 55.4 Å². The molecule has 1 aromatic carbocycles. The molecule has 4 heteroatoms. The second kappa shape index (κ2) is 2.90. The minimum atomic E-state index is -0.199. The van der Waals surface area contributed by atoms with Gasteiger partial charge in [-0.15, -0.1) is 0 Å². The molecule has 2 rings (SSSR count). The molecule has 1 aliphatic heterocycles. The van der Waals surface area contributed by atoms with Gasteiger partial charge in [0.25, 0.3) is 5.91 Å². The van der Waals surface area contributed by atoms with E-state index in [-0.39, 0.29) is 12.5 Å². The van der Waals surface area contributed by atoms with E-state index in [2.05, 4.69) is 5.32 Å². The summed E-state index contributed by atoms with van der Waals surface area (Å²) in [4.78, 5) is 21.5. The van der Waals surface area contributed by atoms with E-state index in [9.17, 15) is 9.59 Å². The molecule has 1 heterocycles. The molecule has 0 fully saturated rings. The number of rotatable bonds is 1. The van der Waals surface area contributed by atoms with Crippen LogP contribution < -0.4 is 10.1 Å². The molecule has 0 saturated carbocycles. The first-order valence-corrected chi connectivity index (χ1v) is 3.82. The monoisotopic (exact) mass is 177 g/mol. The van der Waals surface area contributed by atoms with Gasteiger partial charge in [0.15, 0.2) is 18.6 Å². The van der Waals surface area contributed by atoms with Gasteiger partial charge in [-0.05, 0) is 12.1 Å². The summed E-state index contributed by atoms with van der Waals surface area (Å²) in [6, 6.07) is 5.03. The van der Waals surface area contributed by atoms with E-state index in [0.29, 0.717) is 23.3 Å². The average Bonchev–Trinajstić information content (AvgIpc) is 2.16. The Morgan fingerprint density at radius 1 is 1.46 bits per heavy atom. The molecule has 0 atom stereocenters. The summed E-state index contributed by atoms with van der Waals surface area (Å²) < 4.78 is 5.11. The first kappa shape index (κ1) is 7.79. The Hall–Kier alpha value is -1.84. The summed E-state index contributed by atoms with van der Waals surface area (Å²) in [5.41, 5.74) is 1.01. The number of carbonyl (C=O) groups excluding carboxylic acids is 2. The molecule has 1 N–H and O–H groups in total. The van der Waals surface area contributed by atoms with Crippen LogP contribution in [0.5, 0.6) is 5.75 Å². The predicted molar refractivity (Wildman–Crippen MR) is 46.0 cm³/mol. The Bertz CT molecular complexity index is 373. The number of hydrogen-bond acceptors (Lipinski definition) is 3. The second-order valence-electron chi connectivity index (χ2n) is 2.68. The van der Waals surface area contributed by atoms with Gasteiger partial charge in [0.1, 0.15) is 0 Å². The van der Waals surface area contributed by atoms with Gasteiger partial charge < -0.3 is 10.1 Å². The molecule has 0 aromatic heterocycles. The summed E-state index contributed by atoms with van der Waals surface area (Å²) in [7, 11) is 0. The lowest BCUT2D eigenvalue weighted by atomic mass is 10.1. The smallest absolute Gasteiger partial charge is 0.262 e. The molecule has 0 saturated heterocycles. The third-order valence-corrected chi connectivity index (χ3v) is 1.79. The van der Waals surface area contributed by atoms with E-state index in [4.69, 9.17) is 4.74 Å². The van der Waals surface area contributed by atoms with Crippen molar-refractivity contribution in [1.29, 1.82) is 0 Å². The molecule has 0 spiro atoms. The summed E-state index contributed by atoms with van der Waals surface area (Å²) in [6.07, 6.45) is 0.705. The minimum Gasteiger partial charge on any atom is -0.481 e. The van der Waals surface area contributed by atoms with Crippen LogP contribution in [-0.4, -0.2) is 18.8 Å². The van der Waals surface area contributed by atoms with Crippen LogP contribution in [0.4, 0.5) is 5.69 Å². The molecule has 1 aromatic rings. The molecule has 0 unspecified atom stereocenters. The SMILES string of the molecule is O=Cc1cccc2c1OCC(=O)N2. The number of para-hydroxylation sites is 1. The summed E-state index contributed by atoms with van der Waals surface area (Å²) in [5, 5.41) is 2.61. The van der Waals surface area contributed by atoms with Gasteiger partial charge in [-0.2, -0.15) is 0 Å². The van der Waals surface area contributed by atoms with E-state index in [1.165, 1.54) is 0 Å². The highest BCUT2D eigenvalue weighted by Crippen LogP contribution is 2.30. The highest BCUT2D eigenvalue weighted by molar-refractivity contribution is 5.98. The van der Waals surface area contributed by atoms with Gasteiger partial charge >= 0.3 is 0 Å². The van der Waals surface area contributed by atoms with Gasteiger partial charge in [0.05, 0.1) is 11.3 Å². The Balaban J connectivity index is 2.51. The molecule has 1 amide bonds. The van der Waals surface area contributed by atoms with E-state index in [0.717, 1.165) is 0 Å². The Morgan fingerprint density at radius 2 is 2.31 bits per heavy atom. The largest absolute Gasteiger partial charge is 0.481 e. The van der Waals surface area contributed by atoms with Crippen molar-refractivity contribution in [3.05, 3.63) is 23.8 Å². The molecule has 0 radical (unpaired) electrons. The minimum absolute atomic E-state index is 0.0299. The maximum atomic E-state index is 10.9. The van der Waals surface area contributed by atoms with Crippen LogP contribution >= 0.6 is 0 Å². The normalized spacial score (nSPS) is 14.0. The number of benzene rings is 1. The van der Waals surface area contributed by atoms with Crippen LogP contribution in [0.2, 0.25) is 0 Å². The van der Waals surface area contributed by atoms with Crippen LogP contribution in [0.1, 0.15) is 10.4 Å². The molecule has 4 nitrogen and oxygen atoms in total. The molecular formula is C9H7NO3. The highest BCUT2D eigenvalue weighted by Gasteiger charge is 2.17. The number of amides is 1. The zero-order valence-corrected chi connectivity index (χ0v) is 6.74. The fourth-order valence-corrected chi connectivity index (χ4v) is 1.23. The fraction of sp³-hybridized carbons (Fsp3) is 0.111. The number of aldehydes is 1. The Kier molecular flexibility index (Phi) is 1.73. The quantitative estimate of drug-likeness (QED) is 0.646. The van der Waals surface area contributed by atoms with Crippen molar-refractivity contribution in [1.82, 2.24) is 0 Å². The molecule has 0 aliphatic carbocycles. The summed E-state index contributed by atoms with van der Waals surface area (Å²) in [5.74, 6) is 0.257. The third-order valence-electron chi connectivity index (χ3n) is 1.79. The number of carbonyl (C=O) groups is 2. The second-order valence-corrected chi connectivity index (χ2v) is 2.68. The summed E-state index contributed by atoms with van der Waals surface area (Å²) in [6.45, 7) is -0.0299. The van der Waals surface area contributed by atoms with Gasteiger partial charge in [-0.3, -0.25) is 9.59 Å². The first-order chi connectivity index (χ1) is 6.31. The number of hydrogen-bond donors (Lipinski definition) is 1. The van der Waals surface area contributed by atoms with Gasteiger partial charge in [0.2, 0.25) is 0 Å². The standard InChI is InChI=1S/C9H7NO3/c11-4-6-2-1-3-7-9(6)13-5-8(12)10-7/h1-4H,5H2,(H,10,12). The number of anilines is 1. The van der Waals surface area contributed by atoms with E-state index in [1.54, 1.807) is 18.2 Å².